The Balaban J connectivity index is 1.86. The van der Waals surface area contributed by atoms with Crippen LogP contribution < -0.4 is 5.32 Å². The van der Waals surface area contributed by atoms with Crippen LogP contribution in [0.1, 0.15) is 58.8 Å². The number of hydrogen-bond donors (Lipinski definition) is 1. The number of nitrogens with zero attached hydrogens (tertiary/aromatic N) is 1. The summed E-state index contributed by atoms with van der Waals surface area (Å²) in [6.45, 7) is 7.08. The molecule has 0 aromatic heterocycles. The summed E-state index contributed by atoms with van der Waals surface area (Å²) in [5, 5.41) is 3.62. The number of nitrogens with one attached hydrogen (secondary N) is 1. The number of hydrogen-bond acceptors (Lipinski definition) is 2. The average Bonchev–Trinajstić information content (AvgIpc) is 2.78. The molecule has 0 aromatic carbocycles. The van der Waals surface area contributed by atoms with Gasteiger partial charge in [-0.15, -0.1) is 0 Å². The van der Waals surface area contributed by atoms with Crippen molar-refractivity contribution in [2.45, 2.75) is 76.9 Å². The summed E-state index contributed by atoms with van der Waals surface area (Å²) < 4.78 is 0. The summed E-state index contributed by atoms with van der Waals surface area (Å²) in [5.41, 5.74) is 0. The van der Waals surface area contributed by atoms with Crippen LogP contribution in [0, 0.1) is 0 Å². The molecule has 2 nitrogen and oxygen atoms in total. The molecule has 2 aliphatic rings. The van der Waals surface area contributed by atoms with Crippen LogP contribution in [0.15, 0.2) is 0 Å². The fourth-order valence-corrected chi connectivity index (χ4v) is 3.68. The molecule has 1 heterocycles. The van der Waals surface area contributed by atoms with Gasteiger partial charge in [-0.2, -0.15) is 0 Å². The standard InChI is InChI=1S/C14H28N2/c1-3-13-7-5-6-10-16(13)14-9-8-12(11-14)15-4-2/h12-15H,3-11H2,1-2H3. The predicted molar refractivity (Wildman–Crippen MR) is 69.7 cm³/mol. The van der Waals surface area contributed by atoms with Gasteiger partial charge >= 0.3 is 0 Å². The van der Waals surface area contributed by atoms with Crippen molar-refractivity contribution in [3.05, 3.63) is 0 Å². The first-order valence-corrected chi connectivity index (χ1v) is 7.34. The highest BCUT2D eigenvalue weighted by Crippen LogP contribution is 2.30. The molecule has 1 saturated heterocycles. The van der Waals surface area contributed by atoms with E-state index in [1.165, 1.54) is 51.5 Å². The molecule has 1 aliphatic heterocycles. The normalized spacial score (nSPS) is 36.8. The number of rotatable bonds is 4. The third-order valence-corrected chi connectivity index (χ3v) is 4.51. The molecule has 3 atom stereocenters. The third kappa shape index (κ3) is 2.78. The molecular weight excluding hydrogens is 196 g/mol. The predicted octanol–water partition coefficient (Wildman–Crippen LogP) is 2.78. The van der Waals surface area contributed by atoms with Gasteiger partial charge in [0.25, 0.3) is 0 Å². The highest BCUT2D eigenvalue weighted by Gasteiger charge is 2.33. The molecule has 2 heteroatoms. The van der Waals surface area contributed by atoms with Gasteiger partial charge in [-0.3, -0.25) is 4.90 Å². The van der Waals surface area contributed by atoms with Crippen molar-refractivity contribution in [3.8, 4) is 0 Å². The second-order valence-electron chi connectivity index (χ2n) is 5.52. The molecule has 16 heavy (non-hydrogen) atoms. The van der Waals surface area contributed by atoms with Crippen molar-refractivity contribution < 1.29 is 0 Å². The molecular formula is C14H28N2. The Labute approximate surface area is 101 Å². The zero-order valence-electron chi connectivity index (χ0n) is 11.0. The van der Waals surface area contributed by atoms with Gasteiger partial charge in [0.2, 0.25) is 0 Å². The van der Waals surface area contributed by atoms with Crippen molar-refractivity contribution >= 4 is 0 Å². The Morgan fingerprint density at radius 1 is 1.12 bits per heavy atom. The van der Waals surface area contributed by atoms with E-state index in [0.29, 0.717) is 0 Å². The van der Waals surface area contributed by atoms with Crippen LogP contribution >= 0.6 is 0 Å². The molecule has 94 valence electrons. The first-order chi connectivity index (χ1) is 7.85. The molecule has 1 saturated carbocycles. The monoisotopic (exact) mass is 224 g/mol. The first-order valence-electron chi connectivity index (χ1n) is 7.34. The average molecular weight is 224 g/mol. The SMILES string of the molecule is CCNC1CCC(N2CCCCC2CC)C1. The smallest absolute Gasteiger partial charge is 0.0114 e. The lowest BCUT2D eigenvalue weighted by atomic mass is 9.97. The van der Waals surface area contributed by atoms with E-state index in [0.717, 1.165) is 24.7 Å². The molecule has 0 amide bonds. The topological polar surface area (TPSA) is 15.3 Å². The largest absolute Gasteiger partial charge is 0.314 e. The lowest BCUT2D eigenvalue weighted by Gasteiger charge is -2.39. The summed E-state index contributed by atoms with van der Waals surface area (Å²) in [7, 11) is 0. The van der Waals surface area contributed by atoms with Gasteiger partial charge in [0.1, 0.15) is 0 Å². The Bertz CT molecular complexity index is 205. The lowest BCUT2D eigenvalue weighted by Crippen LogP contribution is -2.45. The number of likely N-dealkylation sites (tertiary alicyclic amines) is 1. The number of piperidine rings is 1. The quantitative estimate of drug-likeness (QED) is 0.790. The zero-order chi connectivity index (χ0) is 11.4. The molecule has 0 bridgehead atoms. The van der Waals surface area contributed by atoms with E-state index in [4.69, 9.17) is 0 Å². The third-order valence-electron chi connectivity index (χ3n) is 4.51. The van der Waals surface area contributed by atoms with Gasteiger partial charge < -0.3 is 5.32 Å². The Kier molecular flexibility index (Phi) is 4.66. The first kappa shape index (κ1) is 12.4. The molecule has 0 aromatic rings. The van der Waals surface area contributed by atoms with Crippen molar-refractivity contribution in [2.75, 3.05) is 13.1 Å². The van der Waals surface area contributed by atoms with E-state index >= 15 is 0 Å². The maximum Gasteiger partial charge on any atom is 0.0114 e. The highest BCUT2D eigenvalue weighted by molar-refractivity contribution is 4.90. The second-order valence-corrected chi connectivity index (χ2v) is 5.52. The van der Waals surface area contributed by atoms with E-state index < -0.39 is 0 Å². The molecule has 0 radical (unpaired) electrons. The van der Waals surface area contributed by atoms with Crippen molar-refractivity contribution in [1.29, 1.82) is 0 Å². The summed E-state index contributed by atoms with van der Waals surface area (Å²) in [6.07, 6.45) is 9.89. The van der Waals surface area contributed by atoms with E-state index in [-0.39, 0.29) is 0 Å². The van der Waals surface area contributed by atoms with Crippen LogP contribution in [0.25, 0.3) is 0 Å². The maximum absolute atomic E-state index is 3.62. The fourth-order valence-electron chi connectivity index (χ4n) is 3.68. The minimum Gasteiger partial charge on any atom is -0.314 e. The van der Waals surface area contributed by atoms with E-state index in [2.05, 4.69) is 24.1 Å². The van der Waals surface area contributed by atoms with Crippen LogP contribution in [-0.2, 0) is 0 Å². The maximum atomic E-state index is 3.62. The minimum absolute atomic E-state index is 0.800. The fraction of sp³-hybridized carbons (Fsp3) is 1.00. The second kappa shape index (κ2) is 6.02. The van der Waals surface area contributed by atoms with Crippen LogP contribution in [0.5, 0.6) is 0 Å². The molecule has 1 aliphatic carbocycles. The van der Waals surface area contributed by atoms with E-state index in [1.807, 2.05) is 0 Å². The van der Waals surface area contributed by atoms with Crippen molar-refractivity contribution in [1.82, 2.24) is 10.2 Å². The summed E-state index contributed by atoms with van der Waals surface area (Å²) >= 11 is 0. The Morgan fingerprint density at radius 3 is 2.75 bits per heavy atom. The van der Waals surface area contributed by atoms with Gasteiger partial charge in [0, 0.05) is 18.1 Å². The van der Waals surface area contributed by atoms with Crippen LogP contribution in [0.4, 0.5) is 0 Å². The molecule has 2 fully saturated rings. The van der Waals surface area contributed by atoms with Gasteiger partial charge in [-0.05, 0) is 51.6 Å². The van der Waals surface area contributed by atoms with Crippen LogP contribution in [0.2, 0.25) is 0 Å². The van der Waals surface area contributed by atoms with Gasteiger partial charge in [0.15, 0.2) is 0 Å². The van der Waals surface area contributed by atoms with E-state index in [9.17, 15) is 0 Å². The summed E-state index contributed by atoms with van der Waals surface area (Å²) in [4.78, 5) is 2.83. The van der Waals surface area contributed by atoms with E-state index in [1.54, 1.807) is 0 Å². The Morgan fingerprint density at radius 2 is 2.00 bits per heavy atom. The van der Waals surface area contributed by atoms with Crippen molar-refractivity contribution in [2.24, 2.45) is 0 Å². The van der Waals surface area contributed by atoms with Gasteiger partial charge in [-0.1, -0.05) is 20.3 Å². The minimum atomic E-state index is 0.800. The zero-order valence-corrected chi connectivity index (χ0v) is 11.0. The summed E-state index contributed by atoms with van der Waals surface area (Å²) in [6, 6.07) is 2.57. The van der Waals surface area contributed by atoms with Crippen LogP contribution in [0.3, 0.4) is 0 Å². The lowest BCUT2D eigenvalue weighted by molar-refractivity contribution is 0.0930. The van der Waals surface area contributed by atoms with Gasteiger partial charge in [0.05, 0.1) is 0 Å². The van der Waals surface area contributed by atoms with Crippen molar-refractivity contribution in [3.63, 3.8) is 0 Å². The molecule has 3 unspecified atom stereocenters. The highest BCUT2D eigenvalue weighted by atomic mass is 15.2. The molecule has 2 rings (SSSR count). The molecule has 1 N–H and O–H groups in total. The Hall–Kier alpha value is -0.0800. The van der Waals surface area contributed by atoms with Gasteiger partial charge in [-0.25, -0.2) is 0 Å². The summed E-state index contributed by atoms with van der Waals surface area (Å²) in [5.74, 6) is 0. The molecule has 0 spiro atoms. The van der Waals surface area contributed by atoms with Crippen LogP contribution in [-0.4, -0.2) is 36.1 Å².